The van der Waals surface area contributed by atoms with Gasteiger partial charge in [0.2, 0.25) is 0 Å². The van der Waals surface area contributed by atoms with Gasteiger partial charge < -0.3 is 17.3 Å². The number of hydrogen-bond acceptors (Lipinski definition) is 1. The second-order valence-electron chi connectivity index (χ2n) is 6.21. The van der Waals surface area contributed by atoms with E-state index in [4.69, 9.17) is 10.2 Å². The van der Waals surface area contributed by atoms with E-state index in [0.717, 1.165) is 0 Å². The summed E-state index contributed by atoms with van der Waals surface area (Å²) < 4.78 is 46.2. The molecule has 2 radical (unpaired) electrons. The summed E-state index contributed by atoms with van der Waals surface area (Å²) in [4.78, 5) is 0. The Labute approximate surface area is 219 Å². The zero-order chi connectivity index (χ0) is 25.7. The first kappa shape index (κ1) is 34.6. The fourth-order valence-corrected chi connectivity index (χ4v) is 4.80. The average Bonchev–Trinajstić information content (AvgIpc) is 3.43. The van der Waals surface area contributed by atoms with E-state index >= 15 is 0 Å². The predicted molar refractivity (Wildman–Crippen MR) is 136 cm³/mol. The Kier molecular flexibility index (Phi) is 21.7. The number of halogens is 4. The third-order valence-electron chi connectivity index (χ3n) is 3.60. The van der Waals surface area contributed by atoms with Crippen LogP contribution >= 0.6 is 7.92 Å². The minimum atomic E-state index is -6.00. The Morgan fingerprint density at radius 2 is 0.886 bits per heavy atom. The molecule has 0 amide bonds. The van der Waals surface area contributed by atoms with Crippen LogP contribution in [0.25, 0.3) is 0 Å². The van der Waals surface area contributed by atoms with Crippen LogP contribution in [-0.4, -0.2) is 7.25 Å². The number of rotatable bonds is 3. The smallest absolute Gasteiger partial charge is 0.00506 e. The van der Waals surface area contributed by atoms with Gasteiger partial charge in [-0.15, -0.1) is 6.58 Å². The van der Waals surface area contributed by atoms with Crippen molar-refractivity contribution in [3.8, 4) is 0 Å². The van der Waals surface area contributed by atoms with E-state index in [1.807, 2.05) is 37.6 Å². The molecule has 0 saturated carbocycles. The predicted octanol–water partition coefficient (Wildman–Crippen LogP) is 7.15. The number of nitrogens with zero attached hydrogens (tertiary/aromatic N) is 1. The Hall–Kier alpha value is -2.57. The van der Waals surface area contributed by atoms with Gasteiger partial charge in [-0.1, -0.05) is 121 Å². The molecule has 184 valence electrons. The van der Waals surface area contributed by atoms with E-state index in [-0.39, 0.29) is 20.4 Å². The third-order valence-corrected chi connectivity index (χ3v) is 6.04. The van der Waals surface area contributed by atoms with Gasteiger partial charge in [-0.3, -0.25) is 0 Å². The zero-order valence-electron chi connectivity index (χ0n) is 19.1. The van der Waals surface area contributed by atoms with Crippen LogP contribution in [0.4, 0.5) is 17.3 Å². The molecule has 9 heteroatoms. The molecule has 2 nitrogen and oxygen atoms in total. The Balaban J connectivity index is 0. The molecule has 4 rings (SSSR count). The van der Waals surface area contributed by atoms with E-state index in [1.54, 1.807) is 6.08 Å². The van der Waals surface area contributed by atoms with Gasteiger partial charge in [0.25, 0.3) is 0 Å². The molecule has 0 N–H and O–H groups in total. The molecular formula is C26H26BF4NOPRe. The van der Waals surface area contributed by atoms with Gasteiger partial charge in [0.15, 0.2) is 0 Å². The van der Waals surface area contributed by atoms with Gasteiger partial charge in [0, 0.05) is 26.8 Å². The summed E-state index contributed by atoms with van der Waals surface area (Å²) in [7, 11) is -6.45. The van der Waals surface area contributed by atoms with Crippen LogP contribution in [0.2, 0.25) is 0 Å². The maximum Gasteiger partial charge on any atom is 0.00506 e. The Morgan fingerprint density at radius 3 is 1.06 bits per heavy atom. The third kappa shape index (κ3) is 18.4. The van der Waals surface area contributed by atoms with Crippen LogP contribution in [0.3, 0.4) is 0 Å². The van der Waals surface area contributed by atoms with Crippen LogP contribution in [0.5, 0.6) is 0 Å². The van der Waals surface area contributed by atoms with Crippen LogP contribution in [-0.2, 0) is 25.2 Å². The fraction of sp³-hybridized carbons (Fsp3) is 0.0385. The Morgan fingerprint density at radius 1 is 0.657 bits per heavy atom. The van der Waals surface area contributed by atoms with E-state index < -0.39 is 15.2 Å². The maximum absolute atomic E-state index is 9.75. The molecule has 0 fully saturated rings. The summed E-state index contributed by atoms with van der Waals surface area (Å²) in [6.45, 7) is 5.25. The van der Waals surface area contributed by atoms with E-state index in [2.05, 4.69) is 97.6 Å². The van der Waals surface area contributed by atoms with Gasteiger partial charge in [-0.25, -0.2) is 0 Å². The minimum Gasteiger partial charge on any atom is -0.0767 e. The molecule has 0 spiro atoms. The topological polar surface area (TPSA) is 43.7 Å². The summed E-state index contributed by atoms with van der Waals surface area (Å²) in [5.74, 6) is 0. The number of hydrogen-bond donors (Lipinski definition) is 0. The molecule has 0 bridgehead atoms. The van der Waals surface area contributed by atoms with Crippen LogP contribution in [0, 0.1) is 11.9 Å². The largest absolute Gasteiger partial charge is 0.0767 e. The first-order valence-corrected chi connectivity index (χ1v) is 11.5. The summed E-state index contributed by atoms with van der Waals surface area (Å²) in [6.07, 6.45) is 11.8. The van der Waals surface area contributed by atoms with Crippen molar-refractivity contribution in [1.29, 1.82) is 5.46 Å². The molecule has 3 aromatic carbocycles. The standard InChI is InChI=1S/C18H15P.C5H5.C3H6.BF4.NO.Re/c1-4-10-16(11-5-1)19(17-12-6-2-7-13-17)18-14-8-3-9-15-18;1-2-4-5-3-1;1-3-2;2-1(3,4)5;1-2;/h1-15H;1-5H;3H,1H2,2H3;;;/q;;;-1;+1;. The van der Waals surface area contributed by atoms with E-state index in [9.17, 15) is 17.3 Å². The molecule has 0 aliphatic heterocycles. The molecule has 3 aromatic rings. The molecule has 0 saturated heterocycles. The molecule has 0 atom stereocenters. The zero-order valence-corrected chi connectivity index (χ0v) is 22.7. The van der Waals surface area contributed by atoms with Gasteiger partial charge in [0.1, 0.15) is 0 Å². The molecule has 0 heterocycles. The first-order valence-electron chi connectivity index (χ1n) is 10.1. The van der Waals surface area contributed by atoms with Crippen molar-refractivity contribution in [3.63, 3.8) is 0 Å². The molecule has 1 aliphatic rings. The minimum absolute atomic E-state index is 0. The van der Waals surface area contributed by atoms with Crippen LogP contribution < -0.4 is 15.9 Å². The number of benzene rings is 3. The second kappa shape index (κ2) is 21.9. The summed E-state index contributed by atoms with van der Waals surface area (Å²) in [5.41, 5.74) is 5.75. The van der Waals surface area contributed by atoms with Crippen molar-refractivity contribution in [2.75, 3.05) is 0 Å². The van der Waals surface area contributed by atoms with E-state index in [1.165, 1.54) is 15.9 Å². The van der Waals surface area contributed by atoms with Crippen LogP contribution in [0.1, 0.15) is 6.92 Å². The first-order chi connectivity index (χ1) is 16.4. The fourth-order valence-electron chi connectivity index (χ4n) is 2.50. The summed E-state index contributed by atoms with van der Waals surface area (Å²) in [6, 6.07) is 32.3. The molecule has 35 heavy (non-hydrogen) atoms. The van der Waals surface area contributed by atoms with Gasteiger partial charge >= 0.3 is 17.5 Å². The normalized spacial score (nSPS) is 10.4. The summed E-state index contributed by atoms with van der Waals surface area (Å²) >= 11 is 0. The van der Waals surface area contributed by atoms with Crippen LogP contribution in [0.15, 0.2) is 128 Å². The van der Waals surface area contributed by atoms with E-state index in [0.29, 0.717) is 0 Å². The van der Waals surface area contributed by atoms with Gasteiger partial charge in [-0.05, 0) is 30.8 Å². The maximum atomic E-state index is 9.75. The quantitative estimate of drug-likeness (QED) is 0.0959. The molecule has 0 unspecified atom stereocenters. The van der Waals surface area contributed by atoms with Gasteiger partial charge in [-0.2, -0.15) is 0 Å². The molecule has 1 aliphatic carbocycles. The van der Waals surface area contributed by atoms with Crippen molar-refractivity contribution in [3.05, 3.63) is 134 Å². The summed E-state index contributed by atoms with van der Waals surface area (Å²) in [5, 5.41) is 4.19. The average molecular weight is 672 g/mol. The molecule has 0 aromatic heterocycles. The van der Waals surface area contributed by atoms with Crippen molar-refractivity contribution in [2.24, 2.45) is 0 Å². The second-order valence-corrected chi connectivity index (χ2v) is 8.43. The SMILES string of the molecule is C=CC.F[B-](F)(F)F.N#[O+].[CH]1C=CC=C1.[Re].c1ccc(P(c2ccccc2)c2ccccc2)cc1. The number of allylic oxidation sites excluding steroid dienone is 5. The van der Waals surface area contributed by atoms with Crippen molar-refractivity contribution >= 4 is 31.1 Å². The van der Waals surface area contributed by atoms with Crippen molar-refractivity contribution in [1.82, 2.24) is 0 Å². The van der Waals surface area contributed by atoms with Crippen molar-refractivity contribution in [2.45, 2.75) is 6.92 Å². The van der Waals surface area contributed by atoms with Crippen molar-refractivity contribution < 1.29 is 42.5 Å². The monoisotopic (exact) mass is 673 g/mol. The van der Waals surface area contributed by atoms with Gasteiger partial charge in [0.05, 0.1) is 0 Å². The molecular weight excluding hydrogens is 646 g/mol. The Bertz CT molecular complexity index is 876.